The maximum atomic E-state index is 6.33. The minimum absolute atomic E-state index is 0.308. The number of ether oxygens (including phenoxy) is 1. The summed E-state index contributed by atoms with van der Waals surface area (Å²) in [5.74, 6) is 1.58. The van der Waals surface area contributed by atoms with Crippen LogP contribution in [0.1, 0.15) is 29.9 Å². The molecule has 4 heterocycles. The highest BCUT2D eigenvalue weighted by Crippen LogP contribution is 2.40. The molecule has 1 saturated heterocycles. The molecule has 160 valence electrons. The number of hydrogen-bond acceptors (Lipinski definition) is 7. The van der Waals surface area contributed by atoms with Crippen LogP contribution in [0.15, 0.2) is 42.7 Å². The molecule has 1 aromatic carbocycles. The number of fused-ring (bicyclic) bond motifs is 2. The van der Waals surface area contributed by atoms with Gasteiger partial charge >= 0.3 is 0 Å². The molecule has 31 heavy (non-hydrogen) atoms. The quantitative estimate of drug-likeness (QED) is 0.648. The number of piperidine rings is 1. The van der Waals surface area contributed by atoms with Gasteiger partial charge in [-0.05, 0) is 49.9 Å². The third kappa shape index (κ3) is 3.74. The van der Waals surface area contributed by atoms with Crippen LogP contribution in [-0.2, 0) is 16.8 Å². The van der Waals surface area contributed by atoms with Crippen molar-refractivity contribution in [3.8, 4) is 11.3 Å². The number of nitrogens with zero attached hydrogens (tertiary/aromatic N) is 6. The van der Waals surface area contributed by atoms with Gasteiger partial charge in [-0.2, -0.15) is 0 Å². The number of rotatable bonds is 3. The summed E-state index contributed by atoms with van der Waals surface area (Å²) in [5, 5.41) is 0. The Morgan fingerprint density at radius 1 is 1.00 bits per heavy atom. The molecule has 2 aliphatic heterocycles. The third-order valence-corrected chi connectivity index (χ3v) is 6.34. The number of hydrogen-bond donors (Lipinski definition) is 0. The second-order valence-corrected chi connectivity index (χ2v) is 8.55. The molecule has 1 spiro atoms. The van der Waals surface area contributed by atoms with Crippen LogP contribution in [0.3, 0.4) is 0 Å². The van der Waals surface area contributed by atoms with E-state index in [0.717, 1.165) is 67.7 Å². The average Bonchev–Trinajstić information content (AvgIpc) is 2.80. The van der Waals surface area contributed by atoms with Gasteiger partial charge in [0.15, 0.2) is 0 Å². The van der Waals surface area contributed by atoms with Gasteiger partial charge in [-0.3, -0.25) is 0 Å². The number of anilines is 2. The summed E-state index contributed by atoms with van der Waals surface area (Å²) in [6, 6.07) is 10.4. The Labute approximate surface area is 183 Å². The Kier molecular flexibility index (Phi) is 5.06. The van der Waals surface area contributed by atoms with Crippen LogP contribution in [0.2, 0.25) is 0 Å². The van der Waals surface area contributed by atoms with Crippen molar-refractivity contribution in [1.29, 1.82) is 0 Å². The zero-order valence-corrected chi connectivity index (χ0v) is 18.4. The van der Waals surface area contributed by atoms with Crippen LogP contribution in [0, 0.1) is 6.92 Å². The van der Waals surface area contributed by atoms with Crippen molar-refractivity contribution < 1.29 is 4.74 Å². The van der Waals surface area contributed by atoms with Gasteiger partial charge in [0.2, 0.25) is 5.95 Å². The van der Waals surface area contributed by atoms with Gasteiger partial charge in [-0.1, -0.05) is 12.1 Å². The van der Waals surface area contributed by atoms with Crippen molar-refractivity contribution in [3.63, 3.8) is 0 Å². The highest BCUT2D eigenvalue weighted by Gasteiger charge is 2.42. The second kappa shape index (κ2) is 7.89. The van der Waals surface area contributed by atoms with E-state index in [-0.39, 0.29) is 5.60 Å². The van der Waals surface area contributed by atoms with Crippen molar-refractivity contribution in [3.05, 3.63) is 59.8 Å². The van der Waals surface area contributed by atoms with E-state index < -0.39 is 0 Å². The Morgan fingerprint density at radius 3 is 2.52 bits per heavy atom. The Balaban J connectivity index is 1.35. The smallest absolute Gasteiger partial charge is 0.225 e. The molecule has 5 rings (SSSR count). The van der Waals surface area contributed by atoms with E-state index in [4.69, 9.17) is 14.7 Å². The standard InChI is InChI=1S/C24H28N6O/c1-17-26-16-19-9-15-31-24(22(19)27-17)10-13-30(14-11-24)23-25-12-8-21(28-23)18-4-6-20(7-5-18)29(2)3/h4-8,12,16H,9-11,13-15H2,1-3H3. The molecular formula is C24H28N6O. The Bertz CT molecular complexity index is 1070. The maximum Gasteiger partial charge on any atom is 0.225 e. The lowest BCUT2D eigenvalue weighted by atomic mass is 9.83. The fourth-order valence-electron chi connectivity index (χ4n) is 4.54. The predicted octanol–water partition coefficient (Wildman–Crippen LogP) is 3.38. The van der Waals surface area contributed by atoms with Crippen molar-refractivity contribution >= 4 is 11.6 Å². The molecule has 0 radical (unpaired) electrons. The van der Waals surface area contributed by atoms with Crippen LogP contribution >= 0.6 is 0 Å². The molecule has 0 atom stereocenters. The minimum atomic E-state index is -0.308. The monoisotopic (exact) mass is 416 g/mol. The normalized spacial score (nSPS) is 17.5. The summed E-state index contributed by atoms with van der Waals surface area (Å²) in [6.45, 7) is 4.35. The number of aromatic nitrogens is 4. The van der Waals surface area contributed by atoms with Gasteiger partial charge in [-0.25, -0.2) is 19.9 Å². The van der Waals surface area contributed by atoms with E-state index >= 15 is 0 Å². The zero-order valence-electron chi connectivity index (χ0n) is 18.4. The van der Waals surface area contributed by atoms with Crippen molar-refractivity contribution in [2.45, 2.75) is 31.8 Å². The van der Waals surface area contributed by atoms with Gasteiger partial charge in [-0.15, -0.1) is 0 Å². The largest absolute Gasteiger partial charge is 0.378 e. The highest BCUT2D eigenvalue weighted by molar-refractivity contribution is 5.63. The molecule has 1 fully saturated rings. The fourth-order valence-corrected chi connectivity index (χ4v) is 4.54. The maximum absolute atomic E-state index is 6.33. The molecule has 0 amide bonds. The fraction of sp³-hybridized carbons (Fsp3) is 0.417. The van der Waals surface area contributed by atoms with E-state index in [0.29, 0.717) is 0 Å². The SMILES string of the molecule is Cc1ncc2c(n1)C1(CCN(c3nccc(-c4ccc(N(C)C)cc4)n3)CC1)OCC2. The lowest BCUT2D eigenvalue weighted by molar-refractivity contribution is -0.0804. The van der Waals surface area contributed by atoms with E-state index in [9.17, 15) is 0 Å². The Morgan fingerprint density at radius 2 is 1.77 bits per heavy atom. The Hall–Kier alpha value is -3.06. The first-order valence-electron chi connectivity index (χ1n) is 10.9. The van der Waals surface area contributed by atoms with Crippen molar-refractivity contribution in [2.75, 3.05) is 43.6 Å². The first-order valence-corrected chi connectivity index (χ1v) is 10.9. The molecule has 3 aromatic rings. The lowest BCUT2D eigenvalue weighted by Gasteiger charge is -2.44. The van der Waals surface area contributed by atoms with Crippen LogP contribution < -0.4 is 9.80 Å². The summed E-state index contributed by atoms with van der Waals surface area (Å²) in [6.07, 6.45) is 6.47. The van der Waals surface area contributed by atoms with Gasteiger partial charge < -0.3 is 14.5 Å². The molecule has 0 N–H and O–H groups in total. The first kappa shape index (κ1) is 19.9. The van der Waals surface area contributed by atoms with E-state index in [2.05, 4.69) is 44.0 Å². The molecule has 0 unspecified atom stereocenters. The molecule has 0 saturated carbocycles. The van der Waals surface area contributed by atoms with Gasteiger partial charge in [0.1, 0.15) is 11.4 Å². The molecule has 2 aliphatic rings. The van der Waals surface area contributed by atoms with Crippen LogP contribution in [0.5, 0.6) is 0 Å². The van der Waals surface area contributed by atoms with Gasteiger partial charge in [0.25, 0.3) is 0 Å². The van der Waals surface area contributed by atoms with E-state index in [1.165, 1.54) is 11.3 Å². The summed E-state index contributed by atoms with van der Waals surface area (Å²) >= 11 is 0. The number of benzene rings is 1. The highest BCUT2D eigenvalue weighted by atomic mass is 16.5. The summed E-state index contributed by atoms with van der Waals surface area (Å²) in [4.78, 5) is 22.9. The van der Waals surface area contributed by atoms with Gasteiger partial charge in [0.05, 0.1) is 18.0 Å². The third-order valence-electron chi connectivity index (χ3n) is 6.34. The molecule has 0 aliphatic carbocycles. The van der Waals surface area contributed by atoms with E-state index in [1.54, 1.807) is 0 Å². The molecule has 2 aromatic heterocycles. The summed E-state index contributed by atoms with van der Waals surface area (Å²) in [5.41, 5.74) is 5.22. The lowest BCUT2D eigenvalue weighted by Crippen LogP contribution is -2.47. The number of aryl methyl sites for hydroxylation is 1. The molecule has 7 nitrogen and oxygen atoms in total. The van der Waals surface area contributed by atoms with Crippen LogP contribution in [0.25, 0.3) is 11.3 Å². The van der Waals surface area contributed by atoms with E-state index in [1.807, 2.05) is 39.5 Å². The summed E-state index contributed by atoms with van der Waals surface area (Å²) < 4.78 is 6.33. The predicted molar refractivity (Wildman–Crippen MR) is 121 cm³/mol. The summed E-state index contributed by atoms with van der Waals surface area (Å²) in [7, 11) is 4.09. The molecule has 0 bridgehead atoms. The molecular weight excluding hydrogens is 388 g/mol. The molecule has 7 heteroatoms. The average molecular weight is 417 g/mol. The zero-order chi connectivity index (χ0) is 21.4. The van der Waals surface area contributed by atoms with Crippen molar-refractivity contribution in [2.24, 2.45) is 0 Å². The van der Waals surface area contributed by atoms with Crippen molar-refractivity contribution in [1.82, 2.24) is 19.9 Å². The van der Waals surface area contributed by atoms with Gasteiger partial charge in [0, 0.05) is 50.8 Å². The topological polar surface area (TPSA) is 67.3 Å². The van der Waals surface area contributed by atoms with Crippen LogP contribution in [-0.4, -0.2) is 53.7 Å². The first-order chi connectivity index (χ1) is 15.0. The second-order valence-electron chi connectivity index (χ2n) is 8.55. The minimum Gasteiger partial charge on any atom is -0.378 e. The van der Waals surface area contributed by atoms with Crippen LogP contribution in [0.4, 0.5) is 11.6 Å².